The molecule has 140 valence electrons. The summed E-state index contributed by atoms with van der Waals surface area (Å²) in [6, 6.07) is 17.3. The molecule has 1 saturated heterocycles. The number of methoxy groups -OCH3 is 1. The summed E-state index contributed by atoms with van der Waals surface area (Å²) < 4.78 is 5.24. The van der Waals surface area contributed by atoms with E-state index in [2.05, 4.69) is 53.1 Å². The molecule has 0 aliphatic carbocycles. The molecule has 1 aliphatic rings. The van der Waals surface area contributed by atoms with Crippen molar-refractivity contribution in [1.82, 2.24) is 9.80 Å². The number of rotatable bonds is 7. The number of aryl methyl sites for hydroxylation is 1. The van der Waals surface area contributed by atoms with Crippen molar-refractivity contribution in [3.8, 4) is 5.75 Å². The molecule has 3 rings (SSSR count). The first-order valence-electron chi connectivity index (χ1n) is 9.44. The molecular weight excluding hydrogens is 324 g/mol. The first-order valence-corrected chi connectivity index (χ1v) is 9.44. The molecule has 0 spiro atoms. The first-order chi connectivity index (χ1) is 12.7. The van der Waals surface area contributed by atoms with Crippen molar-refractivity contribution in [2.24, 2.45) is 0 Å². The number of ether oxygens (including phenoxy) is 1. The summed E-state index contributed by atoms with van der Waals surface area (Å²) in [7, 11) is 1.70. The lowest BCUT2D eigenvalue weighted by Crippen LogP contribution is -2.52. The highest BCUT2D eigenvalue weighted by Gasteiger charge is 2.26. The number of benzene rings is 2. The van der Waals surface area contributed by atoms with E-state index in [9.17, 15) is 5.11 Å². The van der Waals surface area contributed by atoms with Crippen LogP contribution in [0.5, 0.6) is 5.75 Å². The minimum absolute atomic E-state index is 0.241. The molecule has 0 saturated carbocycles. The fraction of sp³-hybridized carbons (Fsp3) is 0.455. The van der Waals surface area contributed by atoms with Crippen LogP contribution in [0.15, 0.2) is 48.5 Å². The fourth-order valence-electron chi connectivity index (χ4n) is 3.73. The van der Waals surface area contributed by atoms with Crippen LogP contribution in [0.3, 0.4) is 0 Å². The summed E-state index contributed by atoms with van der Waals surface area (Å²) in [6.45, 7) is 7.42. The zero-order valence-corrected chi connectivity index (χ0v) is 15.9. The molecule has 1 atom stereocenters. The van der Waals surface area contributed by atoms with E-state index in [-0.39, 0.29) is 6.61 Å². The van der Waals surface area contributed by atoms with Gasteiger partial charge in [0.1, 0.15) is 5.75 Å². The molecule has 1 fully saturated rings. The van der Waals surface area contributed by atoms with Crippen molar-refractivity contribution < 1.29 is 9.84 Å². The van der Waals surface area contributed by atoms with E-state index < -0.39 is 0 Å². The second kappa shape index (κ2) is 9.17. The Balaban J connectivity index is 1.62. The summed E-state index contributed by atoms with van der Waals surface area (Å²) in [5.74, 6) is 0.898. The summed E-state index contributed by atoms with van der Waals surface area (Å²) in [6.07, 6.45) is 0.824. The smallest absolute Gasteiger partial charge is 0.118 e. The maximum absolute atomic E-state index is 9.53. The zero-order valence-electron chi connectivity index (χ0n) is 15.9. The molecular formula is C22H30N2O2. The fourth-order valence-corrected chi connectivity index (χ4v) is 3.73. The van der Waals surface area contributed by atoms with E-state index in [1.54, 1.807) is 7.11 Å². The van der Waals surface area contributed by atoms with E-state index >= 15 is 0 Å². The molecule has 4 heteroatoms. The normalized spacial score (nSPS) is 18.8. The molecule has 0 unspecified atom stereocenters. The lowest BCUT2D eigenvalue weighted by molar-refractivity contribution is 0.0498. The molecule has 26 heavy (non-hydrogen) atoms. The van der Waals surface area contributed by atoms with E-state index in [4.69, 9.17) is 4.74 Å². The topological polar surface area (TPSA) is 35.9 Å². The van der Waals surface area contributed by atoms with Crippen molar-refractivity contribution in [3.63, 3.8) is 0 Å². The standard InChI is InChI=1S/C22H30N2O2/c1-18-5-3-4-6-20(18)16-24-13-12-23(17-21(24)11-14-25)15-19-7-9-22(26-2)10-8-19/h3-10,21,25H,11-17H2,1-2H3/t21-/m1/s1. The maximum Gasteiger partial charge on any atom is 0.118 e. The highest BCUT2D eigenvalue weighted by molar-refractivity contribution is 5.27. The van der Waals surface area contributed by atoms with Gasteiger partial charge in [-0.1, -0.05) is 36.4 Å². The predicted octanol–water partition coefficient (Wildman–Crippen LogP) is 3.07. The third-order valence-corrected chi connectivity index (χ3v) is 5.35. The van der Waals surface area contributed by atoms with Gasteiger partial charge < -0.3 is 9.84 Å². The Bertz CT molecular complexity index is 687. The van der Waals surface area contributed by atoms with Crippen LogP contribution < -0.4 is 4.74 Å². The van der Waals surface area contributed by atoms with E-state index in [1.165, 1.54) is 16.7 Å². The third-order valence-electron chi connectivity index (χ3n) is 5.35. The van der Waals surface area contributed by atoms with Crippen molar-refractivity contribution in [1.29, 1.82) is 0 Å². The monoisotopic (exact) mass is 354 g/mol. The number of aliphatic hydroxyl groups excluding tert-OH is 1. The Morgan fingerprint density at radius 3 is 2.50 bits per heavy atom. The van der Waals surface area contributed by atoms with Gasteiger partial charge in [0.15, 0.2) is 0 Å². The van der Waals surface area contributed by atoms with Crippen molar-refractivity contribution in [2.75, 3.05) is 33.4 Å². The van der Waals surface area contributed by atoms with Crippen LogP contribution in [0, 0.1) is 6.92 Å². The number of hydrogen-bond acceptors (Lipinski definition) is 4. The van der Waals surface area contributed by atoms with Crippen LogP contribution in [-0.2, 0) is 13.1 Å². The Hall–Kier alpha value is -1.88. The Kier molecular flexibility index (Phi) is 6.67. The van der Waals surface area contributed by atoms with Crippen LogP contribution in [0.4, 0.5) is 0 Å². The lowest BCUT2D eigenvalue weighted by atomic mass is 10.0. The second-order valence-corrected chi connectivity index (χ2v) is 7.15. The van der Waals surface area contributed by atoms with Crippen molar-refractivity contribution in [2.45, 2.75) is 32.5 Å². The molecule has 0 amide bonds. The maximum atomic E-state index is 9.53. The van der Waals surface area contributed by atoms with E-state index in [1.807, 2.05) is 12.1 Å². The van der Waals surface area contributed by atoms with Crippen LogP contribution in [-0.4, -0.2) is 54.3 Å². The highest BCUT2D eigenvalue weighted by atomic mass is 16.5. The molecule has 0 bridgehead atoms. The molecule has 0 radical (unpaired) electrons. The average molecular weight is 354 g/mol. The van der Waals surface area contributed by atoms with Gasteiger partial charge in [0, 0.05) is 45.4 Å². The largest absolute Gasteiger partial charge is 0.497 e. The van der Waals surface area contributed by atoms with Crippen molar-refractivity contribution in [3.05, 3.63) is 65.2 Å². The first kappa shape index (κ1) is 18.9. The van der Waals surface area contributed by atoms with Crippen molar-refractivity contribution >= 4 is 0 Å². The van der Waals surface area contributed by atoms with Gasteiger partial charge in [0.2, 0.25) is 0 Å². The summed E-state index contributed by atoms with van der Waals surface area (Å²) in [4.78, 5) is 5.03. The van der Waals surface area contributed by atoms with Crippen LogP contribution in [0.1, 0.15) is 23.1 Å². The van der Waals surface area contributed by atoms with Gasteiger partial charge >= 0.3 is 0 Å². The van der Waals surface area contributed by atoms with Gasteiger partial charge in [-0.05, 0) is 42.2 Å². The third kappa shape index (κ3) is 4.85. The number of hydrogen-bond donors (Lipinski definition) is 1. The Morgan fingerprint density at radius 1 is 1.04 bits per heavy atom. The Morgan fingerprint density at radius 2 is 1.81 bits per heavy atom. The molecule has 2 aromatic rings. The zero-order chi connectivity index (χ0) is 18.4. The van der Waals surface area contributed by atoms with Gasteiger partial charge in [0.25, 0.3) is 0 Å². The van der Waals surface area contributed by atoms with Gasteiger partial charge in [0.05, 0.1) is 7.11 Å². The molecule has 0 aromatic heterocycles. The van der Waals surface area contributed by atoms with Crippen LogP contribution >= 0.6 is 0 Å². The molecule has 1 N–H and O–H groups in total. The SMILES string of the molecule is COc1ccc(CN2CCN(Cc3ccccc3C)[C@H](CCO)C2)cc1. The predicted molar refractivity (Wildman–Crippen MR) is 105 cm³/mol. The van der Waals surface area contributed by atoms with Crippen LogP contribution in [0.25, 0.3) is 0 Å². The number of nitrogens with zero attached hydrogens (tertiary/aromatic N) is 2. The van der Waals surface area contributed by atoms with Crippen LogP contribution in [0.2, 0.25) is 0 Å². The summed E-state index contributed by atoms with van der Waals surface area (Å²) >= 11 is 0. The number of piperazine rings is 1. The summed E-state index contributed by atoms with van der Waals surface area (Å²) in [5.41, 5.74) is 4.04. The van der Waals surface area contributed by atoms with Gasteiger partial charge in [-0.15, -0.1) is 0 Å². The van der Waals surface area contributed by atoms with E-state index in [0.717, 1.165) is 44.9 Å². The molecule has 1 aliphatic heterocycles. The summed E-state index contributed by atoms with van der Waals surface area (Å²) in [5, 5.41) is 9.53. The molecule has 2 aromatic carbocycles. The minimum Gasteiger partial charge on any atom is -0.497 e. The minimum atomic E-state index is 0.241. The quantitative estimate of drug-likeness (QED) is 0.829. The molecule has 1 heterocycles. The number of aliphatic hydroxyl groups is 1. The highest BCUT2D eigenvalue weighted by Crippen LogP contribution is 2.20. The Labute approximate surface area is 157 Å². The van der Waals surface area contributed by atoms with Gasteiger partial charge in [-0.25, -0.2) is 0 Å². The van der Waals surface area contributed by atoms with Gasteiger partial charge in [-0.2, -0.15) is 0 Å². The second-order valence-electron chi connectivity index (χ2n) is 7.15. The molecule has 4 nitrogen and oxygen atoms in total. The van der Waals surface area contributed by atoms with E-state index in [0.29, 0.717) is 6.04 Å². The van der Waals surface area contributed by atoms with Gasteiger partial charge in [-0.3, -0.25) is 9.80 Å². The lowest BCUT2D eigenvalue weighted by Gasteiger charge is -2.41. The average Bonchev–Trinajstić information content (AvgIpc) is 2.66.